The molecule has 1 saturated heterocycles. The molecular weight excluding hydrogens is 318 g/mol. The molecule has 1 aromatic carbocycles. The summed E-state index contributed by atoms with van der Waals surface area (Å²) in [5.74, 6) is 0.576. The van der Waals surface area contributed by atoms with Crippen molar-refractivity contribution in [1.82, 2.24) is 4.90 Å². The molecule has 2 amide bonds. The number of methoxy groups -OCH3 is 1. The van der Waals surface area contributed by atoms with Gasteiger partial charge in [0, 0.05) is 16.8 Å². The van der Waals surface area contributed by atoms with Crippen LogP contribution in [0.3, 0.4) is 0 Å². The Hall–Kier alpha value is -2.05. The fourth-order valence-corrected chi connectivity index (χ4v) is 3.87. The second-order valence-corrected chi connectivity index (χ2v) is 6.78. The van der Waals surface area contributed by atoms with E-state index in [1.807, 2.05) is 36.4 Å². The third-order valence-electron chi connectivity index (χ3n) is 3.26. The van der Waals surface area contributed by atoms with E-state index in [0.29, 0.717) is 4.91 Å². The Balaban J connectivity index is 1.85. The Kier molecular flexibility index (Phi) is 4.04. The Morgan fingerprint density at radius 1 is 1.09 bits per heavy atom. The number of rotatable bonds is 3. The van der Waals surface area contributed by atoms with Crippen LogP contribution in [0.15, 0.2) is 41.3 Å². The molecule has 0 spiro atoms. The van der Waals surface area contributed by atoms with Crippen molar-refractivity contribution in [2.45, 2.75) is 0 Å². The average molecular weight is 331 g/mol. The number of ether oxygens (including phenoxy) is 1. The van der Waals surface area contributed by atoms with Gasteiger partial charge in [0.2, 0.25) is 0 Å². The summed E-state index contributed by atoms with van der Waals surface area (Å²) in [6.45, 7) is 0. The molecule has 1 fully saturated rings. The Morgan fingerprint density at radius 3 is 2.41 bits per heavy atom. The van der Waals surface area contributed by atoms with Gasteiger partial charge in [-0.3, -0.25) is 14.5 Å². The van der Waals surface area contributed by atoms with Crippen LogP contribution < -0.4 is 4.74 Å². The van der Waals surface area contributed by atoms with Crippen LogP contribution in [-0.4, -0.2) is 30.2 Å². The van der Waals surface area contributed by atoms with E-state index in [4.69, 9.17) is 4.74 Å². The summed E-state index contributed by atoms with van der Waals surface area (Å²) in [6, 6.07) is 11.8. The lowest BCUT2D eigenvalue weighted by molar-refractivity contribution is -0.121. The number of carbonyl (C=O) groups excluding carboxylic acids is 2. The number of hydrogen-bond acceptors (Lipinski definition) is 5. The van der Waals surface area contributed by atoms with E-state index in [0.717, 1.165) is 37.7 Å². The molecule has 0 saturated carbocycles. The third-order valence-corrected chi connectivity index (χ3v) is 5.30. The zero-order chi connectivity index (χ0) is 15.7. The molecule has 3 rings (SSSR count). The maximum Gasteiger partial charge on any atom is 0.293 e. The summed E-state index contributed by atoms with van der Waals surface area (Å²) in [5, 5.41) is -0.233. The monoisotopic (exact) mass is 331 g/mol. The molecule has 2 aromatic rings. The fraction of sp³-hybridized carbons (Fsp3) is 0.125. The van der Waals surface area contributed by atoms with Crippen molar-refractivity contribution >= 4 is 40.3 Å². The molecule has 1 aliphatic heterocycles. The predicted molar refractivity (Wildman–Crippen MR) is 90.0 cm³/mol. The summed E-state index contributed by atoms with van der Waals surface area (Å²) in [6.07, 6.45) is 1.77. The highest BCUT2D eigenvalue weighted by molar-refractivity contribution is 8.18. The first-order chi connectivity index (χ1) is 10.6. The van der Waals surface area contributed by atoms with Crippen LogP contribution in [0.5, 0.6) is 5.75 Å². The van der Waals surface area contributed by atoms with E-state index in [1.54, 1.807) is 24.5 Å². The first-order valence-electron chi connectivity index (χ1n) is 6.54. The zero-order valence-corrected chi connectivity index (χ0v) is 13.7. The zero-order valence-electron chi connectivity index (χ0n) is 12.0. The van der Waals surface area contributed by atoms with Crippen LogP contribution in [-0.2, 0) is 4.79 Å². The molecule has 0 radical (unpaired) electrons. The highest BCUT2D eigenvalue weighted by Crippen LogP contribution is 2.35. The number of hydrogen-bond donors (Lipinski definition) is 0. The van der Waals surface area contributed by atoms with Crippen molar-refractivity contribution in [3.8, 4) is 16.2 Å². The molecular formula is C16H13NO3S2. The van der Waals surface area contributed by atoms with Gasteiger partial charge < -0.3 is 4.74 Å². The third kappa shape index (κ3) is 2.80. The van der Waals surface area contributed by atoms with Crippen LogP contribution in [0, 0.1) is 0 Å². The van der Waals surface area contributed by atoms with E-state index in [-0.39, 0.29) is 11.1 Å². The van der Waals surface area contributed by atoms with Crippen molar-refractivity contribution in [3.05, 3.63) is 46.2 Å². The van der Waals surface area contributed by atoms with Gasteiger partial charge in [0.15, 0.2) is 0 Å². The van der Waals surface area contributed by atoms with Crippen LogP contribution >= 0.6 is 23.1 Å². The summed E-state index contributed by atoms with van der Waals surface area (Å²) in [7, 11) is 3.13. The number of thioether (sulfide) groups is 1. The van der Waals surface area contributed by atoms with Crippen LogP contribution in [0.4, 0.5) is 4.79 Å². The van der Waals surface area contributed by atoms with Crippen LogP contribution in [0.2, 0.25) is 0 Å². The van der Waals surface area contributed by atoms with Crippen molar-refractivity contribution in [2.75, 3.05) is 14.2 Å². The number of benzene rings is 1. The van der Waals surface area contributed by atoms with Crippen LogP contribution in [0.1, 0.15) is 4.88 Å². The normalized spacial score (nSPS) is 16.6. The number of amides is 2. The van der Waals surface area contributed by atoms with Gasteiger partial charge in [0.25, 0.3) is 11.1 Å². The molecule has 2 heterocycles. The largest absolute Gasteiger partial charge is 0.497 e. The smallest absolute Gasteiger partial charge is 0.293 e. The van der Waals surface area contributed by atoms with Crippen LogP contribution in [0.25, 0.3) is 16.5 Å². The lowest BCUT2D eigenvalue weighted by atomic mass is 10.2. The number of nitrogens with zero attached hydrogens (tertiary/aromatic N) is 1. The predicted octanol–water partition coefficient (Wildman–Crippen LogP) is 4.09. The van der Waals surface area contributed by atoms with Gasteiger partial charge in [-0.2, -0.15) is 0 Å². The second kappa shape index (κ2) is 5.98. The second-order valence-electron chi connectivity index (χ2n) is 4.67. The molecule has 1 aromatic heterocycles. The lowest BCUT2D eigenvalue weighted by Crippen LogP contribution is -2.22. The number of likely N-dealkylation sites (N-methyl/N-ethyl adjacent to an activating group) is 1. The quantitative estimate of drug-likeness (QED) is 0.795. The van der Waals surface area contributed by atoms with E-state index in [9.17, 15) is 9.59 Å². The molecule has 22 heavy (non-hydrogen) atoms. The summed E-state index contributed by atoms with van der Waals surface area (Å²) < 4.78 is 5.15. The van der Waals surface area contributed by atoms with E-state index in [1.165, 1.54) is 7.05 Å². The van der Waals surface area contributed by atoms with E-state index >= 15 is 0 Å². The molecule has 1 aliphatic rings. The lowest BCUT2D eigenvalue weighted by Gasteiger charge is -2.01. The molecule has 112 valence electrons. The Labute approximate surface area is 136 Å². The van der Waals surface area contributed by atoms with Gasteiger partial charge in [0.05, 0.1) is 12.0 Å². The summed E-state index contributed by atoms with van der Waals surface area (Å²) in [5.41, 5.74) is 1.09. The maximum atomic E-state index is 11.9. The van der Waals surface area contributed by atoms with Crippen molar-refractivity contribution in [2.24, 2.45) is 0 Å². The van der Waals surface area contributed by atoms with Gasteiger partial charge in [-0.15, -0.1) is 11.3 Å². The van der Waals surface area contributed by atoms with Gasteiger partial charge in [-0.05, 0) is 59.8 Å². The Bertz CT molecular complexity index is 762. The number of carbonyl (C=O) groups is 2. The molecule has 0 unspecified atom stereocenters. The summed E-state index contributed by atoms with van der Waals surface area (Å²) >= 11 is 2.55. The highest BCUT2D eigenvalue weighted by atomic mass is 32.2. The van der Waals surface area contributed by atoms with Crippen molar-refractivity contribution in [3.63, 3.8) is 0 Å². The van der Waals surface area contributed by atoms with E-state index < -0.39 is 0 Å². The molecule has 6 heteroatoms. The minimum Gasteiger partial charge on any atom is -0.497 e. The van der Waals surface area contributed by atoms with Gasteiger partial charge >= 0.3 is 0 Å². The highest BCUT2D eigenvalue weighted by Gasteiger charge is 2.31. The molecule has 0 bridgehead atoms. The molecule has 0 N–H and O–H groups in total. The number of imide groups is 1. The minimum absolute atomic E-state index is 0.233. The topological polar surface area (TPSA) is 46.6 Å². The minimum atomic E-state index is -0.241. The first-order valence-corrected chi connectivity index (χ1v) is 8.17. The van der Waals surface area contributed by atoms with Gasteiger partial charge in [-0.1, -0.05) is 0 Å². The summed E-state index contributed by atoms with van der Waals surface area (Å²) in [4.78, 5) is 27.0. The molecule has 0 atom stereocenters. The number of thiophene rings is 1. The SMILES string of the molecule is COc1ccc(-c2ccc(/C=C3\SC(=O)N(C)C3=O)s2)cc1. The standard InChI is InChI=1S/C16H13NO3S2/c1-17-15(18)14(22-16(17)19)9-12-7-8-13(21-12)10-3-5-11(20-2)6-4-10/h3-9H,1-2H3/b14-9-. The molecule has 0 aliphatic carbocycles. The maximum absolute atomic E-state index is 11.9. The van der Waals surface area contributed by atoms with Crippen molar-refractivity contribution < 1.29 is 14.3 Å². The average Bonchev–Trinajstić information content (AvgIpc) is 3.09. The van der Waals surface area contributed by atoms with Gasteiger partial charge in [-0.25, -0.2) is 0 Å². The Morgan fingerprint density at radius 2 is 1.82 bits per heavy atom. The van der Waals surface area contributed by atoms with E-state index in [2.05, 4.69) is 0 Å². The van der Waals surface area contributed by atoms with Crippen molar-refractivity contribution in [1.29, 1.82) is 0 Å². The molecule has 4 nitrogen and oxygen atoms in total. The van der Waals surface area contributed by atoms with Gasteiger partial charge in [0.1, 0.15) is 5.75 Å². The first kappa shape index (κ1) is 14.9. The fourth-order valence-electron chi connectivity index (χ4n) is 2.02.